The summed E-state index contributed by atoms with van der Waals surface area (Å²) in [7, 11) is 0. The maximum atomic E-state index is 12.0. The Kier molecular flexibility index (Phi) is 6.01. The Morgan fingerprint density at radius 3 is 2.60 bits per heavy atom. The fourth-order valence-electron chi connectivity index (χ4n) is 3.16. The smallest absolute Gasteiger partial charge is 0.251 e. The number of anilines is 1. The van der Waals surface area contributed by atoms with E-state index in [9.17, 15) is 4.79 Å². The predicted molar refractivity (Wildman–Crippen MR) is 101 cm³/mol. The maximum absolute atomic E-state index is 12.0. The van der Waals surface area contributed by atoms with Crippen LogP contribution in [0.2, 0.25) is 0 Å². The lowest BCUT2D eigenvalue weighted by atomic mass is 10.2. The van der Waals surface area contributed by atoms with Gasteiger partial charge in [0, 0.05) is 56.4 Å². The minimum Gasteiger partial charge on any atom is -0.369 e. The molecule has 25 heavy (non-hydrogen) atoms. The molecule has 0 spiro atoms. The van der Waals surface area contributed by atoms with E-state index in [0.717, 1.165) is 39.1 Å². The monoisotopic (exact) mass is 338 g/mol. The highest BCUT2D eigenvalue weighted by molar-refractivity contribution is 5.93. The number of hydrogen-bond acceptors (Lipinski definition) is 4. The Labute approximate surface area is 149 Å². The molecule has 0 atom stereocenters. The number of amides is 1. The molecule has 2 heterocycles. The van der Waals surface area contributed by atoms with Crippen LogP contribution in [0, 0.1) is 6.92 Å². The second-order valence-corrected chi connectivity index (χ2v) is 6.51. The molecular weight excluding hydrogens is 312 g/mol. The van der Waals surface area contributed by atoms with Gasteiger partial charge in [0.25, 0.3) is 5.91 Å². The molecule has 0 unspecified atom stereocenters. The number of aromatic nitrogens is 1. The van der Waals surface area contributed by atoms with E-state index in [1.807, 2.05) is 0 Å². The summed E-state index contributed by atoms with van der Waals surface area (Å²) < 4.78 is 0. The van der Waals surface area contributed by atoms with Crippen LogP contribution in [0.5, 0.6) is 0 Å². The zero-order valence-electron chi connectivity index (χ0n) is 14.8. The highest BCUT2D eigenvalue weighted by Crippen LogP contribution is 2.17. The normalized spacial score (nSPS) is 15.2. The molecule has 2 aromatic rings. The largest absolute Gasteiger partial charge is 0.369 e. The minimum atomic E-state index is -0.0216. The van der Waals surface area contributed by atoms with Gasteiger partial charge in [0.2, 0.25) is 0 Å². The lowest BCUT2D eigenvalue weighted by molar-refractivity contribution is 0.0951. The number of benzene rings is 1. The van der Waals surface area contributed by atoms with E-state index in [-0.39, 0.29) is 5.91 Å². The Bertz CT molecular complexity index is 681. The van der Waals surface area contributed by atoms with Crippen molar-refractivity contribution in [1.29, 1.82) is 0 Å². The second-order valence-electron chi connectivity index (χ2n) is 6.51. The molecule has 1 aromatic heterocycles. The SMILES string of the molecule is Cc1cccc(N2CCN(CCCNC(=O)c3ccncc3)CC2)c1. The van der Waals surface area contributed by atoms with E-state index in [1.165, 1.54) is 11.3 Å². The Morgan fingerprint density at radius 2 is 1.88 bits per heavy atom. The summed E-state index contributed by atoms with van der Waals surface area (Å²) >= 11 is 0. The van der Waals surface area contributed by atoms with E-state index in [2.05, 4.69) is 51.3 Å². The summed E-state index contributed by atoms with van der Waals surface area (Å²) in [5.74, 6) is -0.0216. The number of piperazine rings is 1. The third-order valence-electron chi connectivity index (χ3n) is 4.62. The fourth-order valence-corrected chi connectivity index (χ4v) is 3.16. The molecule has 3 rings (SSSR count). The van der Waals surface area contributed by atoms with Gasteiger partial charge in [0.1, 0.15) is 0 Å². The number of pyridine rings is 1. The standard InChI is InChI=1S/C20H26N4O/c1-17-4-2-5-19(16-17)24-14-12-23(13-15-24)11-3-8-22-20(25)18-6-9-21-10-7-18/h2,4-7,9-10,16H,3,8,11-15H2,1H3,(H,22,25). The molecule has 1 fully saturated rings. The first-order valence-corrected chi connectivity index (χ1v) is 8.94. The van der Waals surface area contributed by atoms with Crippen LogP contribution in [0.25, 0.3) is 0 Å². The van der Waals surface area contributed by atoms with Gasteiger partial charge in [-0.1, -0.05) is 12.1 Å². The van der Waals surface area contributed by atoms with Crippen molar-refractivity contribution in [3.63, 3.8) is 0 Å². The molecule has 1 aliphatic rings. The van der Waals surface area contributed by atoms with Gasteiger partial charge in [-0.3, -0.25) is 14.7 Å². The van der Waals surface area contributed by atoms with Crippen LogP contribution >= 0.6 is 0 Å². The van der Waals surface area contributed by atoms with Crippen LogP contribution in [-0.2, 0) is 0 Å². The number of nitrogens with one attached hydrogen (secondary N) is 1. The molecule has 132 valence electrons. The molecule has 1 N–H and O–H groups in total. The molecule has 1 aromatic carbocycles. The highest BCUT2D eigenvalue weighted by Gasteiger charge is 2.16. The van der Waals surface area contributed by atoms with Gasteiger partial charge in [-0.05, 0) is 49.7 Å². The third kappa shape index (κ3) is 5.03. The molecule has 0 bridgehead atoms. The lowest BCUT2D eigenvalue weighted by Gasteiger charge is -2.36. The highest BCUT2D eigenvalue weighted by atomic mass is 16.1. The first kappa shape index (κ1) is 17.4. The number of carbonyl (C=O) groups is 1. The van der Waals surface area contributed by atoms with Gasteiger partial charge >= 0.3 is 0 Å². The van der Waals surface area contributed by atoms with Crippen molar-refractivity contribution in [3.8, 4) is 0 Å². The number of aryl methyl sites for hydroxylation is 1. The van der Waals surface area contributed by atoms with Crippen molar-refractivity contribution in [1.82, 2.24) is 15.2 Å². The molecule has 0 aliphatic carbocycles. The first-order chi connectivity index (χ1) is 12.2. The quantitative estimate of drug-likeness (QED) is 0.822. The minimum absolute atomic E-state index is 0.0216. The molecule has 0 saturated carbocycles. The fraction of sp³-hybridized carbons (Fsp3) is 0.400. The van der Waals surface area contributed by atoms with E-state index >= 15 is 0 Å². The van der Waals surface area contributed by atoms with Crippen LogP contribution in [0.1, 0.15) is 22.3 Å². The molecule has 1 aliphatic heterocycles. The van der Waals surface area contributed by atoms with Gasteiger partial charge in [-0.15, -0.1) is 0 Å². The molecule has 5 heteroatoms. The zero-order chi connectivity index (χ0) is 17.5. The van der Waals surface area contributed by atoms with Gasteiger partial charge in [0.05, 0.1) is 0 Å². The van der Waals surface area contributed by atoms with Gasteiger partial charge in [-0.2, -0.15) is 0 Å². The summed E-state index contributed by atoms with van der Waals surface area (Å²) in [6.07, 6.45) is 4.26. The number of carbonyl (C=O) groups excluding carboxylic acids is 1. The molecule has 5 nitrogen and oxygen atoms in total. The molecule has 1 amide bonds. The topological polar surface area (TPSA) is 48.5 Å². The summed E-state index contributed by atoms with van der Waals surface area (Å²) in [6.45, 7) is 8.15. The van der Waals surface area contributed by atoms with Crippen LogP contribution in [0.3, 0.4) is 0 Å². The van der Waals surface area contributed by atoms with Crippen LogP contribution in [-0.4, -0.2) is 55.1 Å². The average molecular weight is 338 g/mol. The van der Waals surface area contributed by atoms with E-state index in [4.69, 9.17) is 0 Å². The van der Waals surface area contributed by atoms with E-state index < -0.39 is 0 Å². The van der Waals surface area contributed by atoms with Crippen molar-refractivity contribution < 1.29 is 4.79 Å². The predicted octanol–water partition coefficient (Wildman–Crippen LogP) is 2.33. The van der Waals surface area contributed by atoms with Crippen molar-refractivity contribution in [2.75, 3.05) is 44.2 Å². The van der Waals surface area contributed by atoms with Crippen LogP contribution < -0.4 is 10.2 Å². The van der Waals surface area contributed by atoms with E-state index in [0.29, 0.717) is 12.1 Å². The number of hydrogen-bond donors (Lipinski definition) is 1. The van der Waals surface area contributed by atoms with Gasteiger partial charge in [0.15, 0.2) is 0 Å². The van der Waals surface area contributed by atoms with Crippen LogP contribution in [0.4, 0.5) is 5.69 Å². The third-order valence-corrected chi connectivity index (χ3v) is 4.62. The summed E-state index contributed by atoms with van der Waals surface area (Å²) in [6, 6.07) is 12.2. The first-order valence-electron chi connectivity index (χ1n) is 8.94. The number of nitrogens with zero attached hydrogens (tertiary/aromatic N) is 3. The Balaban J connectivity index is 1.35. The summed E-state index contributed by atoms with van der Waals surface area (Å²) in [5, 5.41) is 2.98. The molecule has 1 saturated heterocycles. The van der Waals surface area contributed by atoms with Crippen molar-refractivity contribution in [2.45, 2.75) is 13.3 Å². The lowest BCUT2D eigenvalue weighted by Crippen LogP contribution is -2.47. The number of rotatable bonds is 6. The van der Waals surface area contributed by atoms with Crippen molar-refractivity contribution in [3.05, 3.63) is 59.9 Å². The maximum Gasteiger partial charge on any atom is 0.251 e. The van der Waals surface area contributed by atoms with Crippen molar-refractivity contribution in [2.24, 2.45) is 0 Å². The van der Waals surface area contributed by atoms with Crippen LogP contribution in [0.15, 0.2) is 48.8 Å². The van der Waals surface area contributed by atoms with Crippen molar-refractivity contribution >= 4 is 11.6 Å². The van der Waals surface area contributed by atoms with E-state index in [1.54, 1.807) is 24.5 Å². The molecule has 0 radical (unpaired) electrons. The Morgan fingerprint density at radius 1 is 1.12 bits per heavy atom. The van der Waals surface area contributed by atoms with Gasteiger partial charge < -0.3 is 10.2 Å². The zero-order valence-corrected chi connectivity index (χ0v) is 14.8. The molecular formula is C20H26N4O. The average Bonchev–Trinajstić information content (AvgIpc) is 2.66. The summed E-state index contributed by atoms with van der Waals surface area (Å²) in [5.41, 5.74) is 3.30. The Hall–Kier alpha value is -2.40. The second kappa shape index (κ2) is 8.62. The van der Waals surface area contributed by atoms with Gasteiger partial charge in [-0.25, -0.2) is 0 Å². The summed E-state index contributed by atoms with van der Waals surface area (Å²) in [4.78, 5) is 20.8.